The van der Waals surface area contributed by atoms with E-state index >= 15 is 0 Å². The third kappa shape index (κ3) is 2.16. The van der Waals surface area contributed by atoms with Crippen LogP contribution in [0.15, 0.2) is 33.8 Å². The molecule has 0 saturated heterocycles. The molecule has 13 heavy (non-hydrogen) atoms. The molecule has 2 rings (SSSR count). The Morgan fingerprint density at radius 2 is 2.31 bits per heavy atom. The first-order chi connectivity index (χ1) is 6.34. The first kappa shape index (κ1) is 8.46. The van der Waals surface area contributed by atoms with Crippen LogP contribution >= 0.6 is 23.1 Å². The van der Waals surface area contributed by atoms with Crippen molar-refractivity contribution < 1.29 is 0 Å². The van der Waals surface area contributed by atoms with E-state index in [0.717, 1.165) is 9.24 Å². The second kappa shape index (κ2) is 3.71. The summed E-state index contributed by atoms with van der Waals surface area (Å²) in [5, 5.41) is 8.10. The van der Waals surface area contributed by atoms with Crippen LogP contribution in [-0.4, -0.2) is 15.2 Å². The van der Waals surface area contributed by atoms with Crippen LogP contribution in [0, 0.1) is 0 Å². The molecular formula is C7H6N4S2. The minimum Gasteiger partial charge on any atom is -0.374 e. The van der Waals surface area contributed by atoms with E-state index in [4.69, 9.17) is 5.73 Å². The summed E-state index contributed by atoms with van der Waals surface area (Å²) >= 11 is 2.88. The summed E-state index contributed by atoms with van der Waals surface area (Å²) < 4.78 is 0.838. The Labute approximate surface area is 83.2 Å². The standard InChI is InChI=1S/C7H6N4S2/c8-6-10-11-7(13-6)12-5-2-1-3-9-4-5/h1-4H,(H2,8,10). The summed E-state index contributed by atoms with van der Waals surface area (Å²) in [6.45, 7) is 0. The van der Waals surface area contributed by atoms with Crippen LogP contribution < -0.4 is 5.73 Å². The van der Waals surface area contributed by atoms with Gasteiger partial charge in [0.25, 0.3) is 0 Å². The van der Waals surface area contributed by atoms with Gasteiger partial charge in [0, 0.05) is 17.3 Å². The molecule has 4 nitrogen and oxygen atoms in total. The number of nitrogens with zero attached hydrogens (tertiary/aromatic N) is 3. The third-order valence-electron chi connectivity index (χ3n) is 1.26. The van der Waals surface area contributed by atoms with Gasteiger partial charge in [-0.15, -0.1) is 10.2 Å². The number of nitrogen functional groups attached to an aromatic ring is 1. The van der Waals surface area contributed by atoms with E-state index in [1.165, 1.54) is 23.1 Å². The van der Waals surface area contributed by atoms with Crippen molar-refractivity contribution in [2.45, 2.75) is 9.24 Å². The number of aromatic nitrogens is 3. The predicted octanol–water partition coefficient (Wildman–Crippen LogP) is 1.67. The van der Waals surface area contributed by atoms with Crippen molar-refractivity contribution in [2.24, 2.45) is 0 Å². The van der Waals surface area contributed by atoms with Gasteiger partial charge in [-0.2, -0.15) is 0 Å². The number of hydrogen-bond acceptors (Lipinski definition) is 6. The first-order valence-corrected chi connectivity index (χ1v) is 5.15. The minimum absolute atomic E-state index is 0.492. The monoisotopic (exact) mass is 210 g/mol. The lowest BCUT2D eigenvalue weighted by Gasteiger charge is -1.92. The fourth-order valence-corrected chi connectivity index (χ4v) is 2.37. The van der Waals surface area contributed by atoms with Crippen LogP contribution in [0.4, 0.5) is 5.13 Å². The fourth-order valence-electron chi connectivity index (χ4n) is 0.770. The molecule has 0 aliphatic rings. The Morgan fingerprint density at radius 1 is 1.38 bits per heavy atom. The highest BCUT2D eigenvalue weighted by atomic mass is 32.2. The van der Waals surface area contributed by atoms with Crippen molar-refractivity contribution in [1.29, 1.82) is 0 Å². The van der Waals surface area contributed by atoms with Crippen LogP contribution in [0.1, 0.15) is 0 Å². The number of nitrogens with two attached hydrogens (primary N) is 1. The average Bonchev–Trinajstić information content (AvgIpc) is 2.53. The van der Waals surface area contributed by atoms with Crippen molar-refractivity contribution in [2.75, 3.05) is 5.73 Å². The first-order valence-electron chi connectivity index (χ1n) is 3.51. The zero-order valence-corrected chi connectivity index (χ0v) is 8.18. The lowest BCUT2D eigenvalue weighted by molar-refractivity contribution is 1.02. The zero-order chi connectivity index (χ0) is 9.10. The van der Waals surface area contributed by atoms with E-state index in [2.05, 4.69) is 15.2 Å². The quantitative estimate of drug-likeness (QED) is 0.816. The second-order valence-corrected chi connectivity index (χ2v) is 4.53. The number of rotatable bonds is 2. The summed E-state index contributed by atoms with van der Waals surface area (Å²) in [5.74, 6) is 0. The molecule has 0 bridgehead atoms. The maximum absolute atomic E-state index is 5.45. The Morgan fingerprint density at radius 3 is 2.92 bits per heavy atom. The fraction of sp³-hybridized carbons (Fsp3) is 0. The van der Waals surface area contributed by atoms with E-state index < -0.39 is 0 Å². The molecular weight excluding hydrogens is 204 g/mol. The largest absolute Gasteiger partial charge is 0.374 e. The summed E-state index contributed by atoms with van der Waals surface area (Å²) in [4.78, 5) is 5.03. The molecule has 2 N–H and O–H groups in total. The molecule has 0 atom stereocenters. The molecule has 0 aliphatic heterocycles. The Kier molecular flexibility index (Phi) is 2.42. The lowest BCUT2D eigenvalue weighted by Crippen LogP contribution is -1.79. The highest BCUT2D eigenvalue weighted by Crippen LogP contribution is 2.29. The van der Waals surface area contributed by atoms with Crippen LogP contribution in [0.2, 0.25) is 0 Å². The molecule has 0 amide bonds. The van der Waals surface area contributed by atoms with Crippen molar-refractivity contribution in [3.05, 3.63) is 24.5 Å². The maximum atomic E-state index is 5.45. The summed E-state index contributed by atoms with van der Waals surface area (Å²) in [5.41, 5.74) is 5.45. The van der Waals surface area contributed by atoms with Crippen molar-refractivity contribution in [1.82, 2.24) is 15.2 Å². The van der Waals surface area contributed by atoms with Crippen LogP contribution in [0.25, 0.3) is 0 Å². The Balaban J connectivity index is 2.15. The molecule has 2 aromatic heterocycles. The van der Waals surface area contributed by atoms with Gasteiger partial charge in [0.1, 0.15) is 0 Å². The van der Waals surface area contributed by atoms with Gasteiger partial charge in [0.15, 0.2) is 4.34 Å². The molecule has 2 heterocycles. The summed E-state index contributed by atoms with van der Waals surface area (Å²) in [6.07, 6.45) is 3.51. The molecule has 0 unspecified atom stereocenters. The minimum atomic E-state index is 0.492. The average molecular weight is 210 g/mol. The van der Waals surface area contributed by atoms with E-state index in [0.29, 0.717) is 5.13 Å². The van der Waals surface area contributed by atoms with E-state index in [-0.39, 0.29) is 0 Å². The summed E-state index contributed by atoms with van der Waals surface area (Å²) in [6, 6.07) is 3.85. The van der Waals surface area contributed by atoms with Gasteiger partial charge in [-0.05, 0) is 12.1 Å². The molecule has 66 valence electrons. The van der Waals surface area contributed by atoms with Crippen LogP contribution in [0.5, 0.6) is 0 Å². The van der Waals surface area contributed by atoms with Gasteiger partial charge >= 0.3 is 0 Å². The highest BCUT2D eigenvalue weighted by Gasteiger charge is 2.02. The smallest absolute Gasteiger partial charge is 0.203 e. The maximum Gasteiger partial charge on any atom is 0.203 e. The molecule has 0 saturated carbocycles. The molecule has 0 aliphatic carbocycles. The Hall–Kier alpha value is -1.14. The molecule has 6 heteroatoms. The number of pyridine rings is 1. The van der Waals surface area contributed by atoms with E-state index in [9.17, 15) is 0 Å². The van der Waals surface area contributed by atoms with Gasteiger partial charge in [-0.25, -0.2) is 0 Å². The predicted molar refractivity (Wildman–Crippen MR) is 52.7 cm³/mol. The Bertz CT molecular complexity index is 386. The molecule has 2 aromatic rings. The number of anilines is 1. The zero-order valence-electron chi connectivity index (χ0n) is 6.54. The molecule has 0 aromatic carbocycles. The van der Waals surface area contributed by atoms with Gasteiger partial charge in [0.2, 0.25) is 5.13 Å². The van der Waals surface area contributed by atoms with Crippen molar-refractivity contribution >= 4 is 28.2 Å². The second-order valence-electron chi connectivity index (χ2n) is 2.20. The third-order valence-corrected chi connectivity index (χ3v) is 3.04. The van der Waals surface area contributed by atoms with Gasteiger partial charge < -0.3 is 5.73 Å². The lowest BCUT2D eigenvalue weighted by atomic mass is 10.5. The van der Waals surface area contributed by atoms with Crippen LogP contribution in [-0.2, 0) is 0 Å². The SMILES string of the molecule is Nc1nnc(Sc2cccnc2)s1. The van der Waals surface area contributed by atoms with Crippen molar-refractivity contribution in [3.63, 3.8) is 0 Å². The van der Waals surface area contributed by atoms with E-state index in [1.54, 1.807) is 12.4 Å². The van der Waals surface area contributed by atoms with Gasteiger partial charge in [0.05, 0.1) is 0 Å². The van der Waals surface area contributed by atoms with Gasteiger partial charge in [-0.1, -0.05) is 23.1 Å². The van der Waals surface area contributed by atoms with Crippen LogP contribution in [0.3, 0.4) is 0 Å². The molecule has 0 radical (unpaired) electrons. The topological polar surface area (TPSA) is 64.7 Å². The number of hydrogen-bond donors (Lipinski definition) is 1. The summed E-state index contributed by atoms with van der Waals surface area (Å²) in [7, 11) is 0. The normalized spacial score (nSPS) is 10.2. The van der Waals surface area contributed by atoms with E-state index in [1.807, 2.05) is 12.1 Å². The van der Waals surface area contributed by atoms with Crippen molar-refractivity contribution in [3.8, 4) is 0 Å². The van der Waals surface area contributed by atoms with Gasteiger partial charge in [-0.3, -0.25) is 4.98 Å². The highest BCUT2D eigenvalue weighted by molar-refractivity contribution is 8.01. The molecule has 0 spiro atoms. The molecule has 0 fully saturated rings.